The van der Waals surface area contributed by atoms with E-state index in [0.717, 1.165) is 20.3 Å². The Bertz CT molecular complexity index is 957. The quantitative estimate of drug-likeness (QED) is 0.335. The highest BCUT2D eigenvalue weighted by Crippen LogP contribution is 2.12. The third kappa shape index (κ3) is 8.35. The Kier molecular flexibility index (Phi) is 8.91. The van der Waals surface area contributed by atoms with Crippen molar-refractivity contribution in [2.45, 2.75) is 0 Å². The number of carbonyl (C=O) groups is 2. The van der Waals surface area contributed by atoms with E-state index < -0.39 is 58.6 Å². The fourth-order valence-electron chi connectivity index (χ4n) is 2.13. The summed E-state index contributed by atoms with van der Waals surface area (Å²) in [5, 5.41) is 3.02. The van der Waals surface area contributed by atoms with Gasteiger partial charge in [0.1, 0.15) is 24.8 Å². The number of carbonyl (C=O) groups excluding carboxylic acids is 2. The predicted octanol–water partition coefficient (Wildman–Crippen LogP) is -1.56. The Morgan fingerprint density at radius 2 is 1.13 bits per heavy atom. The SMILES string of the molecule is C=CS(=O)(=O)CCON1CN(C(=O)CS(=O)(=O)C=C)CN(C(=O)CS(=O)(=O)C=C)C1. The third-order valence-electron chi connectivity index (χ3n) is 3.76. The monoisotopic (exact) mass is 485 g/mol. The van der Waals surface area contributed by atoms with Gasteiger partial charge in [0.2, 0.25) is 11.8 Å². The highest BCUT2D eigenvalue weighted by Gasteiger charge is 2.33. The zero-order valence-corrected chi connectivity index (χ0v) is 18.5. The molecule has 1 fully saturated rings. The first-order valence-corrected chi connectivity index (χ1v) is 13.4. The van der Waals surface area contributed by atoms with Crippen molar-refractivity contribution in [1.82, 2.24) is 14.9 Å². The molecule has 0 aliphatic carbocycles. The molecular weight excluding hydrogens is 462 g/mol. The molecule has 0 radical (unpaired) electrons. The predicted molar refractivity (Wildman–Crippen MR) is 108 cm³/mol. The summed E-state index contributed by atoms with van der Waals surface area (Å²) in [5.74, 6) is -4.02. The van der Waals surface area contributed by atoms with E-state index in [2.05, 4.69) is 19.7 Å². The van der Waals surface area contributed by atoms with E-state index >= 15 is 0 Å². The Hall–Kier alpha value is -2.07. The number of rotatable bonds is 11. The van der Waals surface area contributed by atoms with Crippen molar-refractivity contribution in [1.29, 1.82) is 0 Å². The van der Waals surface area contributed by atoms with Crippen molar-refractivity contribution in [2.24, 2.45) is 0 Å². The lowest BCUT2D eigenvalue weighted by atomic mass is 10.5. The summed E-state index contributed by atoms with van der Waals surface area (Å²) in [4.78, 5) is 31.9. The van der Waals surface area contributed by atoms with Crippen molar-refractivity contribution >= 4 is 41.3 Å². The highest BCUT2D eigenvalue weighted by atomic mass is 32.2. The fraction of sp³-hybridized carbons (Fsp3) is 0.467. The van der Waals surface area contributed by atoms with E-state index in [9.17, 15) is 34.8 Å². The van der Waals surface area contributed by atoms with Crippen LogP contribution in [0.4, 0.5) is 0 Å². The zero-order valence-electron chi connectivity index (χ0n) is 16.0. The van der Waals surface area contributed by atoms with E-state index in [1.807, 2.05) is 0 Å². The number of hydrogen-bond acceptors (Lipinski definition) is 10. The van der Waals surface area contributed by atoms with Crippen molar-refractivity contribution < 1.29 is 39.7 Å². The minimum absolute atomic E-state index is 0.280. The van der Waals surface area contributed by atoms with Crippen molar-refractivity contribution in [2.75, 3.05) is 43.9 Å². The van der Waals surface area contributed by atoms with Crippen LogP contribution < -0.4 is 0 Å². The molecule has 0 saturated carbocycles. The van der Waals surface area contributed by atoms with Crippen molar-refractivity contribution in [3.05, 3.63) is 36.0 Å². The summed E-state index contributed by atoms with van der Waals surface area (Å²) in [6.07, 6.45) is 0. The van der Waals surface area contributed by atoms with E-state index in [1.165, 1.54) is 0 Å². The Morgan fingerprint density at radius 1 is 0.733 bits per heavy atom. The van der Waals surface area contributed by atoms with Crippen LogP contribution in [0.1, 0.15) is 0 Å². The second-order valence-corrected chi connectivity index (χ2v) is 12.1. The standard InChI is InChI=1S/C15H23N3O9S3/c1-4-28(21,22)8-7-27-18-12-16(14(19)9-29(23,24)5-2)11-17(13-18)15(20)10-30(25,26)6-3/h4-6H,1-3,7-13H2. The number of hydroxylamine groups is 2. The Balaban J connectivity index is 2.99. The first-order chi connectivity index (χ1) is 13.7. The molecule has 12 nitrogen and oxygen atoms in total. The van der Waals surface area contributed by atoms with Gasteiger partial charge in [0.05, 0.1) is 19.0 Å². The van der Waals surface area contributed by atoms with Crippen LogP contribution in [0.15, 0.2) is 36.0 Å². The maximum Gasteiger partial charge on any atom is 0.240 e. The number of hydrogen-bond donors (Lipinski definition) is 0. The summed E-state index contributed by atoms with van der Waals surface area (Å²) in [7, 11) is -11.3. The van der Waals surface area contributed by atoms with Crippen LogP contribution in [0.2, 0.25) is 0 Å². The lowest BCUT2D eigenvalue weighted by Crippen LogP contribution is -2.59. The largest absolute Gasteiger partial charge is 0.309 e. The topological polar surface area (TPSA) is 156 Å². The second kappa shape index (κ2) is 10.3. The van der Waals surface area contributed by atoms with Gasteiger partial charge in [-0.25, -0.2) is 25.3 Å². The molecule has 1 saturated heterocycles. The number of nitrogens with zero attached hydrogens (tertiary/aromatic N) is 3. The summed E-state index contributed by atoms with van der Waals surface area (Å²) in [6, 6.07) is 0. The van der Waals surface area contributed by atoms with Crippen LogP contribution in [0.5, 0.6) is 0 Å². The summed E-state index contributed by atoms with van der Waals surface area (Å²) in [6.45, 7) is 8.09. The molecule has 2 amide bonds. The van der Waals surface area contributed by atoms with Crippen LogP contribution in [-0.4, -0.2) is 95.8 Å². The van der Waals surface area contributed by atoms with Gasteiger partial charge < -0.3 is 9.80 Å². The van der Waals surface area contributed by atoms with Crippen LogP contribution in [0, 0.1) is 0 Å². The molecule has 0 atom stereocenters. The molecule has 0 bridgehead atoms. The van der Waals surface area contributed by atoms with Crippen LogP contribution in [-0.2, 0) is 43.9 Å². The van der Waals surface area contributed by atoms with Gasteiger partial charge in [-0.3, -0.25) is 14.4 Å². The van der Waals surface area contributed by atoms with Crippen LogP contribution >= 0.6 is 0 Å². The number of sulfone groups is 3. The van der Waals surface area contributed by atoms with E-state index in [-0.39, 0.29) is 26.6 Å². The molecule has 1 rings (SSSR count). The van der Waals surface area contributed by atoms with E-state index in [4.69, 9.17) is 4.84 Å². The average molecular weight is 486 g/mol. The minimum Gasteiger partial charge on any atom is -0.309 e. The van der Waals surface area contributed by atoms with Crippen LogP contribution in [0.3, 0.4) is 0 Å². The van der Waals surface area contributed by atoms with Crippen molar-refractivity contribution in [3.8, 4) is 0 Å². The summed E-state index contributed by atoms with van der Waals surface area (Å²) < 4.78 is 69.5. The highest BCUT2D eigenvalue weighted by molar-refractivity contribution is 7.95. The van der Waals surface area contributed by atoms with E-state index in [0.29, 0.717) is 10.8 Å². The molecule has 0 spiro atoms. The molecule has 0 unspecified atom stereocenters. The molecule has 1 aliphatic heterocycles. The van der Waals surface area contributed by atoms with Gasteiger partial charge >= 0.3 is 0 Å². The lowest BCUT2D eigenvalue weighted by Gasteiger charge is -2.41. The molecule has 170 valence electrons. The molecule has 0 aromatic rings. The van der Waals surface area contributed by atoms with Gasteiger partial charge in [-0.1, -0.05) is 19.7 Å². The average Bonchev–Trinajstić information content (AvgIpc) is 2.67. The summed E-state index contributed by atoms with van der Waals surface area (Å²) >= 11 is 0. The van der Waals surface area contributed by atoms with Gasteiger partial charge in [0.15, 0.2) is 29.5 Å². The molecule has 0 N–H and O–H groups in total. The van der Waals surface area contributed by atoms with Crippen molar-refractivity contribution in [3.63, 3.8) is 0 Å². The Labute approximate surface area is 175 Å². The normalized spacial score (nSPS) is 16.1. The summed E-state index contributed by atoms with van der Waals surface area (Å²) in [5.41, 5.74) is 0. The smallest absolute Gasteiger partial charge is 0.240 e. The molecule has 15 heteroatoms. The molecule has 0 aromatic heterocycles. The Morgan fingerprint density at radius 3 is 1.50 bits per heavy atom. The minimum atomic E-state index is -3.89. The molecular formula is C15H23N3O9S3. The molecule has 30 heavy (non-hydrogen) atoms. The fourth-order valence-corrected chi connectivity index (χ4v) is 3.89. The van der Waals surface area contributed by atoms with Gasteiger partial charge in [-0.2, -0.15) is 0 Å². The van der Waals surface area contributed by atoms with Crippen LogP contribution in [0.25, 0.3) is 0 Å². The molecule has 1 aliphatic rings. The lowest BCUT2D eigenvalue weighted by molar-refractivity contribution is -0.228. The first kappa shape index (κ1) is 26.0. The second-order valence-electron chi connectivity index (χ2n) is 6.09. The number of amides is 2. The molecule has 1 heterocycles. The van der Waals surface area contributed by atoms with E-state index in [1.54, 1.807) is 0 Å². The first-order valence-electron chi connectivity index (χ1n) is 8.23. The van der Waals surface area contributed by atoms with Gasteiger partial charge in [0, 0.05) is 16.2 Å². The van der Waals surface area contributed by atoms with Gasteiger partial charge in [-0.05, 0) is 0 Å². The maximum absolute atomic E-state index is 12.3. The zero-order chi connectivity index (χ0) is 23.2. The molecule has 0 aromatic carbocycles. The van der Waals surface area contributed by atoms with Gasteiger partial charge in [-0.15, -0.1) is 5.06 Å². The third-order valence-corrected chi connectivity index (χ3v) is 7.31. The maximum atomic E-state index is 12.3. The van der Waals surface area contributed by atoms with Gasteiger partial charge in [0.25, 0.3) is 0 Å².